The van der Waals surface area contributed by atoms with E-state index in [4.69, 9.17) is 5.11 Å². The van der Waals surface area contributed by atoms with Crippen molar-refractivity contribution >= 4 is 16.0 Å². The molecule has 0 amide bonds. The molecule has 0 aliphatic rings. The maximum absolute atomic E-state index is 13.1. The summed E-state index contributed by atoms with van der Waals surface area (Å²) in [5.41, 5.74) is 0. The molecule has 0 saturated heterocycles. The number of aliphatic carboxylic acids is 1. The van der Waals surface area contributed by atoms with Crippen molar-refractivity contribution in [1.82, 2.24) is 4.72 Å². The van der Waals surface area contributed by atoms with Crippen LogP contribution in [-0.2, 0) is 14.8 Å². The molecule has 0 radical (unpaired) electrons. The number of nitrogens with one attached hydrogen (secondary N) is 1. The molecule has 1 rings (SSSR count). The number of hydrogen-bond acceptors (Lipinski definition) is 4. The van der Waals surface area contributed by atoms with Gasteiger partial charge in [0.15, 0.2) is 0 Å². The molecule has 0 heterocycles. The lowest BCUT2D eigenvalue weighted by atomic mass is 10.3. The highest BCUT2D eigenvalue weighted by atomic mass is 32.2. The number of halogens is 3. The average molecular weight is 313 g/mol. The van der Waals surface area contributed by atoms with E-state index in [1.54, 1.807) is 4.72 Å². The van der Waals surface area contributed by atoms with E-state index in [-0.39, 0.29) is 0 Å². The van der Waals surface area contributed by atoms with Gasteiger partial charge in [-0.25, -0.2) is 12.8 Å². The molecule has 6 nitrogen and oxygen atoms in total. The van der Waals surface area contributed by atoms with Crippen LogP contribution in [0.2, 0.25) is 0 Å². The zero-order valence-corrected chi connectivity index (χ0v) is 10.8. The van der Waals surface area contributed by atoms with Crippen LogP contribution in [0.15, 0.2) is 23.1 Å². The lowest BCUT2D eigenvalue weighted by Gasteiger charge is -2.14. The van der Waals surface area contributed by atoms with E-state index in [0.717, 1.165) is 13.0 Å². The normalized spacial score (nSPS) is 13.2. The number of hydrogen-bond donors (Lipinski definition) is 2. The van der Waals surface area contributed by atoms with Gasteiger partial charge >= 0.3 is 12.6 Å². The van der Waals surface area contributed by atoms with Gasteiger partial charge in [0.2, 0.25) is 10.0 Å². The number of alkyl halides is 2. The fourth-order valence-corrected chi connectivity index (χ4v) is 2.57. The highest BCUT2D eigenvalue weighted by Crippen LogP contribution is 2.26. The molecule has 0 fully saturated rings. The molecule has 1 atom stereocenters. The summed E-state index contributed by atoms with van der Waals surface area (Å²) < 4.78 is 66.7. The monoisotopic (exact) mass is 313 g/mol. The van der Waals surface area contributed by atoms with Crippen LogP contribution in [0.3, 0.4) is 0 Å². The average Bonchev–Trinajstić information content (AvgIpc) is 2.30. The summed E-state index contributed by atoms with van der Waals surface area (Å²) in [6.45, 7) is -2.29. The van der Waals surface area contributed by atoms with Crippen molar-refractivity contribution in [3.05, 3.63) is 24.0 Å². The smallest absolute Gasteiger partial charge is 0.387 e. The lowest BCUT2D eigenvalue weighted by Crippen LogP contribution is -2.38. The van der Waals surface area contributed by atoms with E-state index in [1.807, 2.05) is 0 Å². The Kier molecular flexibility index (Phi) is 4.95. The molecule has 10 heteroatoms. The highest BCUT2D eigenvalue weighted by Gasteiger charge is 2.26. The molecule has 1 aromatic carbocycles. The number of sulfonamides is 1. The molecule has 0 spiro atoms. The lowest BCUT2D eigenvalue weighted by molar-refractivity contribution is -0.138. The Bertz CT molecular complexity index is 605. The Morgan fingerprint density at radius 1 is 1.40 bits per heavy atom. The second kappa shape index (κ2) is 6.09. The maximum Gasteiger partial charge on any atom is 0.387 e. The number of rotatable bonds is 6. The van der Waals surface area contributed by atoms with Crippen LogP contribution >= 0.6 is 0 Å². The summed E-state index contributed by atoms with van der Waals surface area (Å²) in [7, 11) is -4.53. The van der Waals surface area contributed by atoms with Gasteiger partial charge in [-0.2, -0.15) is 13.5 Å². The van der Waals surface area contributed by atoms with E-state index in [9.17, 15) is 26.4 Å². The van der Waals surface area contributed by atoms with Gasteiger partial charge in [0.1, 0.15) is 22.5 Å². The Morgan fingerprint density at radius 2 is 2.00 bits per heavy atom. The number of ether oxygens (including phenoxy) is 1. The zero-order valence-electron chi connectivity index (χ0n) is 10.0. The van der Waals surface area contributed by atoms with Crippen LogP contribution in [0.5, 0.6) is 5.75 Å². The first-order chi connectivity index (χ1) is 9.13. The van der Waals surface area contributed by atoms with Crippen LogP contribution in [-0.4, -0.2) is 32.1 Å². The van der Waals surface area contributed by atoms with Gasteiger partial charge in [0.25, 0.3) is 0 Å². The standard InChI is InChI=1S/C10H10F3NO5S/c1-5(9(15)16)14-20(17,18)8-4-6(11)2-3-7(8)19-10(12)13/h2-5,10,14H,1H3,(H,15,16)/t5-/m1/s1. The summed E-state index contributed by atoms with van der Waals surface area (Å²) in [6.07, 6.45) is 0. The molecule has 0 unspecified atom stereocenters. The van der Waals surface area contributed by atoms with Crippen LogP contribution in [0, 0.1) is 5.82 Å². The van der Waals surface area contributed by atoms with Crippen molar-refractivity contribution < 1.29 is 36.2 Å². The van der Waals surface area contributed by atoms with Crippen LogP contribution in [0.1, 0.15) is 6.92 Å². The van der Waals surface area contributed by atoms with E-state index < -0.39 is 45.1 Å². The molecular weight excluding hydrogens is 303 g/mol. The van der Waals surface area contributed by atoms with Gasteiger partial charge in [-0.1, -0.05) is 0 Å². The first kappa shape index (κ1) is 16.2. The molecule has 20 heavy (non-hydrogen) atoms. The van der Waals surface area contributed by atoms with Crippen LogP contribution in [0.4, 0.5) is 13.2 Å². The molecular formula is C10H10F3NO5S. The molecule has 0 aliphatic heterocycles. The second-order valence-corrected chi connectivity index (χ2v) is 5.33. The predicted molar refractivity (Wildman–Crippen MR) is 60.5 cm³/mol. The summed E-state index contributed by atoms with van der Waals surface area (Å²) >= 11 is 0. The fraction of sp³-hybridized carbons (Fsp3) is 0.300. The largest absolute Gasteiger partial charge is 0.480 e. The van der Waals surface area contributed by atoms with Crippen molar-refractivity contribution in [2.45, 2.75) is 24.5 Å². The summed E-state index contributed by atoms with van der Waals surface area (Å²) in [5.74, 6) is -3.28. The minimum Gasteiger partial charge on any atom is -0.480 e. The Balaban J connectivity index is 3.22. The number of benzene rings is 1. The Labute approximate surface area is 112 Å². The van der Waals surface area contributed by atoms with Crippen molar-refractivity contribution in [2.75, 3.05) is 0 Å². The number of carboxylic acids is 1. The minimum atomic E-state index is -4.53. The van der Waals surface area contributed by atoms with Crippen LogP contribution < -0.4 is 9.46 Å². The van der Waals surface area contributed by atoms with Gasteiger partial charge in [-0.15, -0.1) is 0 Å². The van der Waals surface area contributed by atoms with Gasteiger partial charge in [0, 0.05) is 0 Å². The van der Waals surface area contributed by atoms with Gasteiger partial charge in [-0.3, -0.25) is 4.79 Å². The van der Waals surface area contributed by atoms with Gasteiger partial charge in [0.05, 0.1) is 0 Å². The van der Waals surface area contributed by atoms with Gasteiger partial charge in [-0.05, 0) is 25.1 Å². The van der Waals surface area contributed by atoms with Crippen molar-refractivity contribution in [1.29, 1.82) is 0 Å². The van der Waals surface area contributed by atoms with E-state index in [2.05, 4.69) is 4.74 Å². The molecule has 2 N–H and O–H groups in total. The summed E-state index contributed by atoms with van der Waals surface area (Å²) in [4.78, 5) is 9.67. The molecule has 0 saturated carbocycles. The van der Waals surface area contributed by atoms with Crippen molar-refractivity contribution in [2.24, 2.45) is 0 Å². The molecule has 0 aromatic heterocycles. The first-order valence-electron chi connectivity index (χ1n) is 5.13. The first-order valence-corrected chi connectivity index (χ1v) is 6.61. The van der Waals surface area contributed by atoms with E-state index >= 15 is 0 Å². The zero-order chi connectivity index (χ0) is 15.5. The van der Waals surface area contributed by atoms with Gasteiger partial charge < -0.3 is 9.84 Å². The second-order valence-electron chi connectivity index (χ2n) is 3.65. The third-order valence-electron chi connectivity index (χ3n) is 2.11. The molecule has 1 aromatic rings. The molecule has 0 aliphatic carbocycles. The Hall–Kier alpha value is -1.81. The fourth-order valence-electron chi connectivity index (χ4n) is 1.23. The SMILES string of the molecule is C[C@@H](NS(=O)(=O)c1cc(F)ccc1OC(F)F)C(=O)O. The minimum absolute atomic E-state index is 0.453. The third-order valence-corrected chi connectivity index (χ3v) is 3.68. The van der Waals surface area contributed by atoms with Crippen LogP contribution in [0.25, 0.3) is 0 Å². The van der Waals surface area contributed by atoms with E-state index in [1.165, 1.54) is 0 Å². The number of carboxylic acid groups (broad SMARTS) is 1. The topological polar surface area (TPSA) is 92.7 Å². The summed E-state index contributed by atoms with van der Waals surface area (Å²) in [5, 5.41) is 8.61. The van der Waals surface area contributed by atoms with Crippen molar-refractivity contribution in [3.8, 4) is 5.75 Å². The number of carbonyl (C=O) groups is 1. The predicted octanol–water partition coefficient (Wildman–Crippen LogP) is 1.18. The molecule has 0 bridgehead atoms. The highest BCUT2D eigenvalue weighted by molar-refractivity contribution is 7.89. The third kappa shape index (κ3) is 4.10. The molecule has 112 valence electrons. The maximum atomic E-state index is 13.1. The van der Waals surface area contributed by atoms with E-state index in [0.29, 0.717) is 12.1 Å². The van der Waals surface area contributed by atoms with Crippen molar-refractivity contribution in [3.63, 3.8) is 0 Å². The Morgan fingerprint density at radius 3 is 2.50 bits per heavy atom. The quantitative estimate of drug-likeness (QED) is 0.822. The summed E-state index contributed by atoms with van der Waals surface area (Å²) in [6, 6.07) is 0.371.